The highest BCUT2D eigenvalue weighted by atomic mass is 32.2. The molecule has 1 N–H and O–H groups in total. The second kappa shape index (κ2) is 15.2. The normalized spacial score (nSPS) is 11.9. The fourth-order valence-corrected chi connectivity index (χ4v) is 6.15. The number of nitrogens with one attached hydrogen (secondary N) is 1. The van der Waals surface area contributed by atoms with Gasteiger partial charge in [-0.05, 0) is 60.7 Å². The van der Waals surface area contributed by atoms with E-state index in [9.17, 15) is 18.0 Å². The van der Waals surface area contributed by atoms with Crippen LogP contribution in [0.15, 0.2) is 83.8 Å². The van der Waals surface area contributed by atoms with E-state index in [1.165, 1.54) is 21.3 Å². The van der Waals surface area contributed by atoms with Gasteiger partial charge in [0.2, 0.25) is 11.8 Å². The first-order valence-electron chi connectivity index (χ1n) is 14.1. The number of methoxy groups -OCH3 is 1. The molecule has 0 heterocycles. The maximum atomic E-state index is 14.2. The van der Waals surface area contributed by atoms with E-state index in [0.29, 0.717) is 30.8 Å². The van der Waals surface area contributed by atoms with Gasteiger partial charge in [0.25, 0.3) is 10.0 Å². The van der Waals surface area contributed by atoms with Crippen molar-refractivity contribution in [3.8, 4) is 5.75 Å². The number of anilines is 1. The lowest BCUT2D eigenvalue weighted by Crippen LogP contribution is -2.52. The number of carbonyl (C=O) groups is 2. The van der Waals surface area contributed by atoms with E-state index in [0.717, 1.165) is 24.0 Å². The monoisotopic (exact) mass is 579 g/mol. The Morgan fingerprint density at radius 1 is 0.927 bits per heavy atom. The predicted molar refractivity (Wildman–Crippen MR) is 162 cm³/mol. The second-order valence-electron chi connectivity index (χ2n) is 9.75. The summed E-state index contributed by atoms with van der Waals surface area (Å²) < 4.78 is 34.6. The van der Waals surface area contributed by atoms with Crippen molar-refractivity contribution in [2.24, 2.45) is 0 Å². The Morgan fingerprint density at radius 2 is 1.63 bits per heavy atom. The third kappa shape index (κ3) is 8.10. The molecule has 3 aromatic carbocycles. The summed E-state index contributed by atoms with van der Waals surface area (Å²) in [5.41, 5.74) is 2.00. The first-order valence-corrected chi connectivity index (χ1v) is 15.6. The Hall–Kier alpha value is -3.85. The van der Waals surface area contributed by atoms with Crippen LogP contribution in [0.5, 0.6) is 5.75 Å². The minimum Gasteiger partial charge on any atom is -0.497 e. The lowest BCUT2D eigenvalue weighted by atomic mass is 10.1. The second-order valence-corrected chi connectivity index (χ2v) is 11.6. The number of hydrogen-bond donors (Lipinski definition) is 1. The van der Waals surface area contributed by atoms with Gasteiger partial charge < -0.3 is 15.0 Å². The van der Waals surface area contributed by atoms with Gasteiger partial charge in [0.05, 0.1) is 17.7 Å². The number of sulfonamides is 1. The standard InChI is InChI=1S/C32H41N3O5S/c1-5-8-21-33-32(37)29(7-3)34(23-25-15-14-17-27(22-25)40-4)31(36)24-35(30-20-13-12-16-26(30)6-2)41(38,39)28-18-10-9-11-19-28/h9-20,22,29H,5-8,21,23-24H2,1-4H3,(H,33,37)/t29-/m0/s1. The molecule has 220 valence electrons. The van der Waals surface area contributed by atoms with Crippen molar-refractivity contribution < 1.29 is 22.7 Å². The van der Waals surface area contributed by atoms with Crippen molar-refractivity contribution in [2.45, 2.75) is 63.9 Å². The number of rotatable bonds is 15. The molecular formula is C32H41N3O5S. The molecule has 0 bridgehead atoms. The van der Waals surface area contributed by atoms with Crippen LogP contribution in [0.1, 0.15) is 51.2 Å². The van der Waals surface area contributed by atoms with Crippen LogP contribution >= 0.6 is 0 Å². The molecule has 0 aliphatic rings. The van der Waals surface area contributed by atoms with Crippen LogP contribution in [-0.4, -0.2) is 51.4 Å². The van der Waals surface area contributed by atoms with E-state index < -0.39 is 28.5 Å². The van der Waals surface area contributed by atoms with Crippen molar-refractivity contribution >= 4 is 27.5 Å². The quantitative estimate of drug-likeness (QED) is 0.251. The van der Waals surface area contributed by atoms with Gasteiger partial charge in [0, 0.05) is 13.1 Å². The van der Waals surface area contributed by atoms with Crippen LogP contribution in [-0.2, 0) is 32.6 Å². The van der Waals surface area contributed by atoms with Crippen molar-refractivity contribution in [1.82, 2.24) is 10.2 Å². The molecule has 41 heavy (non-hydrogen) atoms. The number of aryl methyl sites for hydroxylation is 1. The molecule has 0 unspecified atom stereocenters. The summed E-state index contributed by atoms with van der Waals surface area (Å²) >= 11 is 0. The van der Waals surface area contributed by atoms with Crippen molar-refractivity contribution in [3.63, 3.8) is 0 Å². The predicted octanol–water partition coefficient (Wildman–Crippen LogP) is 5.18. The number of para-hydroxylation sites is 1. The minimum absolute atomic E-state index is 0.0856. The average molecular weight is 580 g/mol. The van der Waals surface area contributed by atoms with Crippen molar-refractivity contribution in [2.75, 3.05) is 24.5 Å². The SMILES string of the molecule is CCCCNC(=O)[C@H](CC)N(Cc1cccc(OC)c1)C(=O)CN(c1ccccc1CC)S(=O)(=O)c1ccccc1. The topological polar surface area (TPSA) is 96.0 Å². The summed E-state index contributed by atoms with van der Waals surface area (Å²) in [6.45, 7) is 5.99. The average Bonchev–Trinajstić information content (AvgIpc) is 3.00. The van der Waals surface area contributed by atoms with Gasteiger partial charge in [-0.2, -0.15) is 0 Å². The van der Waals surface area contributed by atoms with Crippen LogP contribution in [0.25, 0.3) is 0 Å². The molecule has 0 aliphatic carbocycles. The van der Waals surface area contributed by atoms with Gasteiger partial charge >= 0.3 is 0 Å². The zero-order valence-corrected chi connectivity index (χ0v) is 25.2. The molecule has 3 rings (SSSR count). The lowest BCUT2D eigenvalue weighted by molar-refractivity contribution is -0.140. The van der Waals surface area contributed by atoms with Gasteiger partial charge in [-0.1, -0.05) is 75.7 Å². The largest absolute Gasteiger partial charge is 0.497 e. The smallest absolute Gasteiger partial charge is 0.264 e. The van der Waals surface area contributed by atoms with Crippen molar-refractivity contribution in [1.29, 1.82) is 0 Å². The van der Waals surface area contributed by atoms with Gasteiger partial charge in [-0.25, -0.2) is 8.42 Å². The molecule has 9 heteroatoms. The highest BCUT2D eigenvalue weighted by molar-refractivity contribution is 7.92. The van der Waals surface area contributed by atoms with Gasteiger partial charge in [0.15, 0.2) is 0 Å². The van der Waals surface area contributed by atoms with Gasteiger partial charge in [-0.3, -0.25) is 13.9 Å². The number of benzene rings is 3. The zero-order chi connectivity index (χ0) is 29.8. The van der Waals surface area contributed by atoms with Crippen LogP contribution in [0.2, 0.25) is 0 Å². The van der Waals surface area contributed by atoms with E-state index in [4.69, 9.17) is 4.74 Å². The third-order valence-corrected chi connectivity index (χ3v) is 8.73. The van der Waals surface area contributed by atoms with Gasteiger partial charge in [0.1, 0.15) is 18.3 Å². The number of amides is 2. The Balaban J connectivity index is 2.07. The minimum atomic E-state index is -4.10. The van der Waals surface area contributed by atoms with E-state index in [2.05, 4.69) is 5.32 Å². The summed E-state index contributed by atoms with van der Waals surface area (Å²) in [4.78, 5) is 29.1. The molecule has 0 radical (unpaired) electrons. The number of ether oxygens (including phenoxy) is 1. The fourth-order valence-electron chi connectivity index (χ4n) is 4.68. The van der Waals surface area contributed by atoms with Crippen LogP contribution in [0, 0.1) is 0 Å². The molecule has 8 nitrogen and oxygen atoms in total. The van der Waals surface area contributed by atoms with E-state index >= 15 is 0 Å². The highest BCUT2D eigenvalue weighted by Crippen LogP contribution is 2.28. The molecule has 0 spiro atoms. The Kier molecular flexibility index (Phi) is 11.8. The number of nitrogens with zero attached hydrogens (tertiary/aromatic N) is 2. The molecule has 0 saturated heterocycles. The molecule has 0 saturated carbocycles. The molecule has 3 aromatic rings. The van der Waals surface area contributed by atoms with E-state index in [1.807, 2.05) is 51.1 Å². The Labute approximate surface area is 244 Å². The van der Waals surface area contributed by atoms with Crippen LogP contribution in [0.4, 0.5) is 5.69 Å². The first-order chi connectivity index (χ1) is 19.8. The first kappa shape index (κ1) is 31.7. The third-order valence-electron chi connectivity index (χ3n) is 6.95. The molecule has 1 atom stereocenters. The van der Waals surface area contributed by atoms with Crippen LogP contribution in [0.3, 0.4) is 0 Å². The summed E-state index contributed by atoms with van der Waals surface area (Å²) in [5, 5.41) is 2.95. The summed E-state index contributed by atoms with van der Waals surface area (Å²) in [7, 11) is -2.54. The maximum absolute atomic E-state index is 14.2. The molecule has 2 amide bonds. The molecule has 0 aromatic heterocycles. The summed E-state index contributed by atoms with van der Waals surface area (Å²) in [6, 6.07) is 21.8. The molecule has 0 aliphatic heterocycles. The van der Waals surface area contributed by atoms with Crippen LogP contribution < -0.4 is 14.4 Å². The highest BCUT2D eigenvalue weighted by Gasteiger charge is 2.34. The van der Waals surface area contributed by atoms with Crippen molar-refractivity contribution in [3.05, 3.63) is 90.0 Å². The molecule has 0 fully saturated rings. The van der Waals surface area contributed by atoms with E-state index in [1.54, 1.807) is 43.5 Å². The molecular weight excluding hydrogens is 538 g/mol. The van der Waals surface area contributed by atoms with Gasteiger partial charge in [-0.15, -0.1) is 0 Å². The zero-order valence-electron chi connectivity index (χ0n) is 24.4. The maximum Gasteiger partial charge on any atom is 0.264 e. The lowest BCUT2D eigenvalue weighted by Gasteiger charge is -2.33. The fraction of sp³-hybridized carbons (Fsp3) is 0.375. The number of hydrogen-bond acceptors (Lipinski definition) is 5. The Bertz CT molecular complexity index is 1400. The Morgan fingerprint density at radius 3 is 2.29 bits per heavy atom. The summed E-state index contributed by atoms with van der Waals surface area (Å²) in [6.07, 6.45) is 2.69. The number of carbonyl (C=O) groups excluding carboxylic acids is 2. The summed E-state index contributed by atoms with van der Waals surface area (Å²) in [5.74, 6) is -0.111. The number of unbranched alkanes of at least 4 members (excludes halogenated alkanes) is 1. The van der Waals surface area contributed by atoms with E-state index in [-0.39, 0.29) is 17.3 Å².